The second kappa shape index (κ2) is 11.8. The first-order chi connectivity index (χ1) is 14.7. The SMILES string of the molecule is CCC(C)N(C)CCNC(=NCC(=O)NC(C)(C)C)Nc1ccc2c(c1)OCCCO2. The van der Waals surface area contributed by atoms with Gasteiger partial charge in [-0.3, -0.25) is 4.79 Å². The van der Waals surface area contributed by atoms with E-state index in [1.165, 1.54) is 0 Å². The van der Waals surface area contributed by atoms with Crippen molar-refractivity contribution in [1.82, 2.24) is 15.5 Å². The Hall–Kier alpha value is -2.48. The van der Waals surface area contributed by atoms with Gasteiger partial charge in [-0.25, -0.2) is 4.99 Å². The predicted molar refractivity (Wildman–Crippen MR) is 126 cm³/mol. The van der Waals surface area contributed by atoms with Gasteiger partial charge >= 0.3 is 0 Å². The molecule has 1 amide bonds. The molecule has 0 radical (unpaired) electrons. The molecule has 1 aliphatic heterocycles. The third kappa shape index (κ3) is 9.04. The zero-order valence-corrected chi connectivity index (χ0v) is 19.9. The number of nitrogens with zero attached hydrogens (tertiary/aromatic N) is 2. The summed E-state index contributed by atoms with van der Waals surface area (Å²) in [6.07, 6.45) is 1.96. The van der Waals surface area contributed by atoms with Crippen LogP contribution in [0.1, 0.15) is 47.5 Å². The third-order valence-corrected chi connectivity index (χ3v) is 5.01. The zero-order valence-electron chi connectivity index (χ0n) is 19.9. The summed E-state index contributed by atoms with van der Waals surface area (Å²) in [5, 5.41) is 9.56. The van der Waals surface area contributed by atoms with Crippen molar-refractivity contribution < 1.29 is 14.3 Å². The number of anilines is 1. The number of carbonyl (C=O) groups excluding carboxylic acids is 1. The van der Waals surface area contributed by atoms with Crippen LogP contribution in [-0.2, 0) is 4.79 Å². The van der Waals surface area contributed by atoms with Gasteiger partial charge in [0, 0.05) is 42.8 Å². The summed E-state index contributed by atoms with van der Waals surface area (Å²) in [6.45, 7) is 13.1. The number of hydrogen-bond donors (Lipinski definition) is 3. The van der Waals surface area contributed by atoms with E-state index in [0.29, 0.717) is 37.5 Å². The highest BCUT2D eigenvalue weighted by Crippen LogP contribution is 2.32. The molecule has 0 bridgehead atoms. The molecular weight excluding hydrogens is 394 g/mol. The van der Waals surface area contributed by atoms with E-state index in [9.17, 15) is 4.79 Å². The third-order valence-electron chi connectivity index (χ3n) is 5.01. The minimum atomic E-state index is -0.291. The Bertz CT molecular complexity index is 745. The summed E-state index contributed by atoms with van der Waals surface area (Å²) in [7, 11) is 2.11. The predicted octanol–water partition coefficient (Wildman–Crippen LogP) is 2.85. The summed E-state index contributed by atoms with van der Waals surface area (Å²) >= 11 is 0. The van der Waals surface area contributed by atoms with E-state index >= 15 is 0 Å². The first kappa shape index (κ1) is 24.8. The summed E-state index contributed by atoms with van der Waals surface area (Å²) in [4.78, 5) is 19.0. The number of guanidine groups is 1. The molecule has 1 atom stereocenters. The molecule has 174 valence electrons. The number of likely N-dealkylation sites (N-methyl/N-ethyl adjacent to an activating group) is 1. The first-order valence-corrected chi connectivity index (χ1v) is 11.1. The lowest BCUT2D eigenvalue weighted by molar-refractivity contribution is -0.121. The highest BCUT2D eigenvalue weighted by molar-refractivity contribution is 5.95. The molecule has 1 unspecified atom stereocenters. The molecule has 1 heterocycles. The fraction of sp³-hybridized carbons (Fsp3) is 0.652. The molecule has 1 aliphatic rings. The lowest BCUT2D eigenvalue weighted by atomic mass is 10.1. The van der Waals surface area contributed by atoms with E-state index in [1.807, 2.05) is 39.0 Å². The fourth-order valence-electron chi connectivity index (χ4n) is 3.01. The maximum Gasteiger partial charge on any atom is 0.242 e. The van der Waals surface area contributed by atoms with Gasteiger partial charge in [-0.15, -0.1) is 0 Å². The monoisotopic (exact) mass is 433 g/mol. The van der Waals surface area contributed by atoms with Crippen LogP contribution in [0.15, 0.2) is 23.2 Å². The standard InChI is InChI=1S/C23H39N5O3/c1-7-17(2)28(6)12-11-24-22(25-16-21(29)27-23(3,4)5)26-18-9-10-19-20(15-18)31-14-8-13-30-19/h9-10,15,17H,7-8,11-14,16H2,1-6H3,(H,27,29)(H2,24,25,26). The maximum atomic E-state index is 12.2. The van der Waals surface area contributed by atoms with Gasteiger partial charge in [-0.05, 0) is 53.3 Å². The van der Waals surface area contributed by atoms with Gasteiger partial charge in [0.2, 0.25) is 5.91 Å². The van der Waals surface area contributed by atoms with Gasteiger partial charge in [-0.2, -0.15) is 0 Å². The van der Waals surface area contributed by atoms with Crippen LogP contribution in [0.2, 0.25) is 0 Å². The fourth-order valence-corrected chi connectivity index (χ4v) is 3.01. The molecule has 31 heavy (non-hydrogen) atoms. The molecule has 1 aromatic carbocycles. The Morgan fingerprint density at radius 2 is 1.94 bits per heavy atom. The Morgan fingerprint density at radius 1 is 1.23 bits per heavy atom. The van der Waals surface area contributed by atoms with E-state index in [1.54, 1.807) is 0 Å². The van der Waals surface area contributed by atoms with Crippen LogP contribution < -0.4 is 25.4 Å². The number of fused-ring (bicyclic) bond motifs is 1. The highest BCUT2D eigenvalue weighted by Gasteiger charge is 2.15. The zero-order chi connectivity index (χ0) is 22.9. The van der Waals surface area contributed by atoms with Crippen LogP contribution in [0.25, 0.3) is 0 Å². The van der Waals surface area contributed by atoms with E-state index < -0.39 is 0 Å². The summed E-state index contributed by atoms with van der Waals surface area (Å²) < 4.78 is 11.5. The second-order valence-electron chi connectivity index (χ2n) is 8.96. The maximum absolute atomic E-state index is 12.2. The molecule has 2 rings (SSSR count). The smallest absolute Gasteiger partial charge is 0.242 e. The number of nitrogens with one attached hydrogen (secondary N) is 3. The van der Waals surface area contributed by atoms with E-state index in [2.05, 4.69) is 46.7 Å². The Labute approximate surface area is 186 Å². The van der Waals surface area contributed by atoms with Gasteiger partial charge < -0.3 is 30.3 Å². The van der Waals surface area contributed by atoms with Crippen LogP contribution >= 0.6 is 0 Å². The number of aliphatic imine (C=N–C) groups is 1. The Balaban J connectivity index is 2.06. The van der Waals surface area contributed by atoms with Crippen molar-refractivity contribution >= 4 is 17.6 Å². The number of ether oxygens (including phenoxy) is 2. The Kier molecular flexibility index (Phi) is 9.43. The van der Waals surface area contributed by atoms with E-state index in [0.717, 1.165) is 30.8 Å². The van der Waals surface area contributed by atoms with Crippen molar-refractivity contribution in [1.29, 1.82) is 0 Å². The molecule has 0 fully saturated rings. The summed E-state index contributed by atoms with van der Waals surface area (Å²) in [5.74, 6) is 1.89. The van der Waals surface area contributed by atoms with Gasteiger partial charge in [0.15, 0.2) is 17.5 Å². The number of rotatable bonds is 8. The highest BCUT2D eigenvalue weighted by atomic mass is 16.5. The normalized spacial score (nSPS) is 15.3. The summed E-state index contributed by atoms with van der Waals surface area (Å²) in [6, 6.07) is 6.22. The van der Waals surface area contributed by atoms with Crippen molar-refractivity contribution in [2.45, 2.75) is 59.0 Å². The van der Waals surface area contributed by atoms with Crippen molar-refractivity contribution in [3.8, 4) is 11.5 Å². The molecule has 8 nitrogen and oxygen atoms in total. The van der Waals surface area contributed by atoms with Crippen LogP contribution in [0.5, 0.6) is 11.5 Å². The van der Waals surface area contributed by atoms with Crippen molar-refractivity contribution in [3.05, 3.63) is 18.2 Å². The van der Waals surface area contributed by atoms with E-state index in [-0.39, 0.29) is 18.0 Å². The minimum Gasteiger partial charge on any atom is -0.490 e. The van der Waals surface area contributed by atoms with Crippen LogP contribution in [0.4, 0.5) is 5.69 Å². The lowest BCUT2D eigenvalue weighted by Gasteiger charge is -2.24. The second-order valence-corrected chi connectivity index (χ2v) is 8.96. The molecular formula is C23H39N5O3. The van der Waals surface area contributed by atoms with Crippen molar-refractivity contribution in [2.75, 3.05) is 45.2 Å². The largest absolute Gasteiger partial charge is 0.490 e. The number of amides is 1. The van der Waals surface area contributed by atoms with Gasteiger partial charge in [0.25, 0.3) is 0 Å². The Morgan fingerprint density at radius 3 is 2.61 bits per heavy atom. The number of benzene rings is 1. The molecule has 0 saturated carbocycles. The van der Waals surface area contributed by atoms with Crippen molar-refractivity contribution in [3.63, 3.8) is 0 Å². The molecule has 0 aromatic heterocycles. The van der Waals surface area contributed by atoms with Crippen LogP contribution in [-0.4, -0.2) is 68.2 Å². The molecule has 3 N–H and O–H groups in total. The average molecular weight is 434 g/mol. The molecule has 1 aromatic rings. The molecule has 0 saturated heterocycles. The van der Waals surface area contributed by atoms with Gasteiger partial charge in [-0.1, -0.05) is 6.92 Å². The molecule has 0 aliphatic carbocycles. The average Bonchev–Trinajstić information content (AvgIpc) is 2.94. The van der Waals surface area contributed by atoms with Crippen LogP contribution in [0, 0.1) is 0 Å². The quantitative estimate of drug-likeness (QED) is 0.432. The van der Waals surface area contributed by atoms with Crippen molar-refractivity contribution in [2.24, 2.45) is 4.99 Å². The molecule has 0 spiro atoms. The van der Waals surface area contributed by atoms with Gasteiger partial charge in [0.05, 0.1) is 13.2 Å². The summed E-state index contributed by atoms with van der Waals surface area (Å²) in [5.41, 5.74) is 0.531. The lowest BCUT2D eigenvalue weighted by Crippen LogP contribution is -2.43. The number of hydrogen-bond acceptors (Lipinski definition) is 5. The topological polar surface area (TPSA) is 87.2 Å². The minimum absolute atomic E-state index is 0.0400. The molecule has 8 heteroatoms. The van der Waals surface area contributed by atoms with Crippen LogP contribution in [0.3, 0.4) is 0 Å². The van der Waals surface area contributed by atoms with E-state index in [4.69, 9.17) is 9.47 Å². The first-order valence-electron chi connectivity index (χ1n) is 11.1. The number of carbonyl (C=O) groups is 1. The van der Waals surface area contributed by atoms with Gasteiger partial charge in [0.1, 0.15) is 6.54 Å².